The first-order valence-electron chi connectivity index (χ1n) is 8.87. The third-order valence-electron chi connectivity index (χ3n) is 4.80. The molecule has 146 valence electrons. The van der Waals surface area contributed by atoms with Crippen LogP contribution in [0.25, 0.3) is 0 Å². The van der Waals surface area contributed by atoms with Gasteiger partial charge in [0.1, 0.15) is 17.9 Å². The Morgan fingerprint density at radius 3 is 2.67 bits per heavy atom. The molecule has 3 N–H and O–H groups in total. The van der Waals surface area contributed by atoms with Crippen LogP contribution in [0.2, 0.25) is 10.0 Å². The number of halogens is 2. The van der Waals surface area contributed by atoms with E-state index >= 15 is 0 Å². The second kappa shape index (κ2) is 8.31. The number of hydrogen-bond donors (Lipinski definition) is 3. The first kappa shape index (κ1) is 19.7. The van der Waals surface area contributed by atoms with Gasteiger partial charge in [-0.3, -0.25) is 14.5 Å². The number of urea groups is 1. The highest BCUT2D eigenvalue weighted by molar-refractivity contribution is 6.35. The van der Waals surface area contributed by atoms with E-state index in [0.717, 1.165) is 24.2 Å². The molecular formula is C17H21Cl2N5O3. The number of pyridine rings is 1. The van der Waals surface area contributed by atoms with Gasteiger partial charge in [-0.15, -0.1) is 0 Å². The van der Waals surface area contributed by atoms with Gasteiger partial charge >= 0.3 is 6.03 Å². The lowest BCUT2D eigenvalue weighted by Crippen LogP contribution is -2.49. The van der Waals surface area contributed by atoms with Gasteiger partial charge in [0.05, 0.1) is 10.0 Å². The Labute approximate surface area is 167 Å². The third kappa shape index (κ3) is 4.44. The summed E-state index contributed by atoms with van der Waals surface area (Å²) in [6.45, 7) is 0.380. The van der Waals surface area contributed by atoms with E-state index in [1.807, 2.05) is 0 Å². The lowest BCUT2D eigenvalue weighted by atomic mass is 9.82. The molecule has 1 aliphatic carbocycles. The molecule has 8 nitrogen and oxygen atoms in total. The van der Waals surface area contributed by atoms with Crippen molar-refractivity contribution < 1.29 is 14.4 Å². The summed E-state index contributed by atoms with van der Waals surface area (Å²) in [4.78, 5) is 41.9. The van der Waals surface area contributed by atoms with Crippen LogP contribution in [0, 0.1) is 0 Å². The predicted molar refractivity (Wildman–Crippen MR) is 102 cm³/mol. The largest absolute Gasteiger partial charge is 0.367 e. The lowest BCUT2D eigenvalue weighted by molar-refractivity contribution is -0.135. The maximum atomic E-state index is 12.6. The molecule has 1 aromatic rings. The molecule has 0 unspecified atom stereocenters. The van der Waals surface area contributed by atoms with Crippen LogP contribution >= 0.6 is 23.2 Å². The first-order valence-corrected chi connectivity index (χ1v) is 9.63. The number of hydrogen-bond acceptors (Lipinski definition) is 5. The fraction of sp³-hybridized carbons (Fsp3) is 0.529. The Morgan fingerprint density at radius 2 is 1.96 bits per heavy atom. The molecule has 0 aromatic carbocycles. The Morgan fingerprint density at radius 1 is 1.22 bits per heavy atom. The highest BCUT2D eigenvalue weighted by Gasteiger charge is 2.51. The normalized spacial score (nSPS) is 18.5. The standard InChI is InChI=1S/C17H21Cl2N5O3/c18-11-8-12(19)14(22-9-11)21-7-6-20-13(25)10-24-15(26)17(23-16(24)27)4-2-1-3-5-17/h8-9H,1-7,10H2,(H,20,25)(H,21,22)(H,23,27). The second-order valence-electron chi connectivity index (χ2n) is 6.72. The van der Waals surface area contributed by atoms with Gasteiger partial charge in [0.15, 0.2) is 0 Å². The number of nitrogens with one attached hydrogen (secondary N) is 3. The first-order chi connectivity index (χ1) is 12.9. The predicted octanol–water partition coefficient (Wildman–Crippen LogP) is 2.17. The van der Waals surface area contributed by atoms with E-state index in [1.165, 1.54) is 6.20 Å². The topological polar surface area (TPSA) is 103 Å². The van der Waals surface area contributed by atoms with Gasteiger partial charge in [-0.25, -0.2) is 9.78 Å². The van der Waals surface area contributed by atoms with Crippen molar-refractivity contribution in [2.24, 2.45) is 0 Å². The highest BCUT2D eigenvalue weighted by atomic mass is 35.5. The van der Waals surface area contributed by atoms with Crippen molar-refractivity contribution in [2.75, 3.05) is 25.0 Å². The monoisotopic (exact) mass is 413 g/mol. The van der Waals surface area contributed by atoms with Crippen molar-refractivity contribution in [2.45, 2.75) is 37.6 Å². The van der Waals surface area contributed by atoms with Crippen LogP contribution < -0.4 is 16.0 Å². The van der Waals surface area contributed by atoms with Crippen LogP contribution in [0.5, 0.6) is 0 Å². The van der Waals surface area contributed by atoms with Gasteiger partial charge in [0.2, 0.25) is 5.91 Å². The van der Waals surface area contributed by atoms with Crippen molar-refractivity contribution in [1.82, 2.24) is 20.5 Å². The summed E-state index contributed by atoms with van der Waals surface area (Å²) < 4.78 is 0. The maximum Gasteiger partial charge on any atom is 0.325 e. The molecule has 0 bridgehead atoms. The lowest BCUT2D eigenvalue weighted by Gasteiger charge is -2.30. The van der Waals surface area contributed by atoms with Gasteiger partial charge in [-0.1, -0.05) is 42.5 Å². The number of imide groups is 1. The molecule has 2 heterocycles. The minimum atomic E-state index is -0.811. The average molecular weight is 414 g/mol. The number of aromatic nitrogens is 1. The molecule has 1 aliphatic heterocycles. The van der Waals surface area contributed by atoms with Crippen LogP contribution in [0.15, 0.2) is 12.3 Å². The Hall–Kier alpha value is -2.06. The molecule has 1 spiro atoms. The van der Waals surface area contributed by atoms with Crippen LogP contribution in [-0.4, -0.2) is 52.9 Å². The SMILES string of the molecule is O=C(CN1C(=O)NC2(CCCCC2)C1=O)NCCNc1ncc(Cl)cc1Cl. The van der Waals surface area contributed by atoms with E-state index in [4.69, 9.17) is 23.2 Å². The number of rotatable bonds is 6. The van der Waals surface area contributed by atoms with Crippen LogP contribution in [0.4, 0.5) is 10.6 Å². The fourth-order valence-corrected chi connectivity index (χ4v) is 3.89. The minimum absolute atomic E-state index is 0.285. The van der Waals surface area contributed by atoms with Crippen molar-refractivity contribution in [1.29, 1.82) is 0 Å². The number of carbonyl (C=O) groups is 3. The van der Waals surface area contributed by atoms with Gasteiger partial charge in [-0.2, -0.15) is 0 Å². The van der Waals surface area contributed by atoms with E-state index in [2.05, 4.69) is 20.9 Å². The fourth-order valence-electron chi connectivity index (χ4n) is 3.44. The van der Waals surface area contributed by atoms with Crippen molar-refractivity contribution >= 4 is 46.9 Å². The van der Waals surface area contributed by atoms with E-state index < -0.39 is 17.5 Å². The Kier molecular flexibility index (Phi) is 6.06. The van der Waals surface area contributed by atoms with Crippen molar-refractivity contribution in [3.05, 3.63) is 22.3 Å². The second-order valence-corrected chi connectivity index (χ2v) is 7.57. The molecule has 4 amide bonds. The summed E-state index contributed by atoms with van der Waals surface area (Å²) in [6.07, 6.45) is 5.60. The van der Waals surface area contributed by atoms with Crippen LogP contribution in [0.3, 0.4) is 0 Å². The third-order valence-corrected chi connectivity index (χ3v) is 5.30. The van der Waals surface area contributed by atoms with Gasteiger partial charge in [0, 0.05) is 19.3 Å². The van der Waals surface area contributed by atoms with Gasteiger partial charge in [0.25, 0.3) is 5.91 Å². The van der Waals surface area contributed by atoms with E-state index in [9.17, 15) is 14.4 Å². The molecular weight excluding hydrogens is 393 g/mol. The zero-order chi connectivity index (χ0) is 19.4. The molecule has 2 aliphatic rings. The van der Waals surface area contributed by atoms with Crippen LogP contribution in [0.1, 0.15) is 32.1 Å². The summed E-state index contributed by atoms with van der Waals surface area (Å²) in [5.41, 5.74) is -0.811. The average Bonchev–Trinajstić information content (AvgIpc) is 2.85. The summed E-state index contributed by atoms with van der Waals surface area (Å²) in [5, 5.41) is 9.25. The van der Waals surface area contributed by atoms with E-state index in [1.54, 1.807) is 6.07 Å². The van der Waals surface area contributed by atoms with E-state index in [0.29, 0.717) is 35.2 Å². The number of amides is 4. The zero-order valence-corrected chi connectivity index (χ0v) is 16.2. The molecule has 1 aromatic heterocycles. The highest BCUT2D eigenvalue weighted by Crippen LogP contribution is 2.33. The molecule has 0 radical (unpaired) electrons. The summed E-state index contributed by atoms with van der Waals surface area (Å²) in [7, 11) is 0. The number of carbonyl (C=O) groups excluding carboxylic acids is 3. The molecule has 0 atom stereocenters. The van der Waals surface area contributed by atoms with Crippen molar-refractivity contribution in [3.8, 4) is 0 Å². The zero-order valence-electron chi connectivity index (χ0n) is 14.7. The molecule has 2 fully saturated rings. The van der Waals surface area contributed by atoms with E-state index in [-0.39, 0.29) is 19.0 Å². The number of nitrogens with zero attached hydrogens (tertiary/aromatic N) is 2. The van der Waals surface area contributed by atoms with Crippen molar-refractivity contribution in [3.63, 3.8) is 0 Å². The smallest absolute Gasteiger partial charge is 0.325 e. The minimum Gasteiger partial charge on any atom is -0.367 e. The summed E-state index contributed by atoms with van der Waals surface area (Å²) in [6, 6.07) is 1.07. The molecule has 3 rings (SSSR count). The summed E-state index contributed by atoms with van der Waals surface area (Å²) >= 11 is 11.8. The molecule has 1 saturated carbocycles. The number of anilines is 1. The summed E-state index contributed by atoms with van der Waals surface area (Å²) in [5.74, 6) is -0.232. The Balaban J connectivity index is 1.45. The quantitative estimate of drug-likeness (QED) is 0.489. The van der Waals surface area contributed by atoms with Crippen LogP contribution in [-0.2, 0) is 9.59 Å². The molecule has 1 saturated heterocycles. The molecule has 27 heavy (non-hydrogen) atoms. The maximum absolute atomic E-state index is 12.6. The van der Waals surface area contributed by atoms with Gasteiger partial charge in [-0.05, 0) is 18.9 Å². The molecule has 10 heteroatoms. The Bertz CT molecular complexity index is 752. The van der Waals surface area contributed by atoms with Gasteiger partial charge < -0.3 is 16.0 Å².